The Morgan fingerprint density at radius 2 is 2.13 bits per heavy atom. The third-order valence-electron chi connectivity index (χ3n) is 2.35. The number of nitrogen functional groups attached to an aromatic ring is 1. The van der Waals surface area contributed by atoms with E-state index in [0.29, 0.717) is 19.1 Å². The van der Waals surface area contributed by atoms with E-state index < -0.39 is 0 Å². The van der Waals surface area contributed by atoms with Crippen LogP contribution in [0.25, 0.3) is 0 Å². The minimum Gasteiger partial charge on any atom is -0.394 e. The predicted molar refractivity (Wildman–Crippen MR) is 61.1 cm³/mol. The van der Waals surface area contributed by atoms with Crippen LogP contribution < -0.4 is 11.3 Å². The first kappa shape index (κ1) is 11.8. The smallest absolute Gasteiger partial charge is 0.273 e. The van der Waals surface area contributed by atoms with Gasteiger partial charge < -0.3 is 15.0 Å². The second kappa shape index (κ2) is 4.98. The van der Waals surface area contributed by atoms with Crippen molar-refractivity contribution in [1.82, 2.24) is 4.57 Å². The predicted octanol–water partition coefficient (Wildman–Crippen LogP) is 1.20. The Labute approximate surface area is 89.7 Å². The van der Waals surface area contributed by atoms with Crippen molar-refractivity contribution in [2.24, 2.45) is 0 Å². The van der Waals surface area contributed by atoms with Gasteiger partial charge in [0.05, 0.1) is 12.3 Å². The molecule has 0 aliphatic heterocycles. The Kier molecular flexibility index (Phi) is 3.91. The Bertz CT molecular complexity index is 383. The first-order valence-electron chi connectivity index (χ1n) is 5.06. The number of anilines is 1. The molecule has 0 saturated heterocycles. The molecule has 0 aromatic carbocycles. The number of nitrogens with two attached hydrogens (primary N) is 1. The lowest BCUT2D eigenvalue weighted by atomic mass is 10.1. The van der Waals surface area contributed by atoms with Gasteiger partial charge in [-0.2, -0.15) is 0 Å². The molecule has 0 saturated carbocycles. The Balaban J connectivity index is 3.16. The van der Waals surface area contributed by atoms with Crippen molar-refractivity contribution in [3.63, 3.8) is 0 Å². The molecule has 4 heteroatoms. The van der Waals surface area contributed by atoms with Gasteiger partial charge in [-0.3, -0.25) is 4.79 Å². The molecule has 4 nitrogen and oxygen atoms in total. The summed E-state index contributed by atoms with van der Waals surface area (Å²) in [6.45, 7) is 5.17. The molecule has 0 bridgehead atoms. The summed E-state index contributed by atoms with van der Waals surface area (Å²) in [6, 6.07) is 3.57. The summed E-state index contributed by atoms with van der Waals surface area (Å²) in [5, 5.41) is 0. The fourth-order valence-corrected chi connectivity index (χ4v) is 1.53. The van der Waals surface area contributed by atoms with Crippen LogP contribution in [0.15, 0.2) is 16.9 Å². The summed E-state index contributed by atoms with van der Waals surface area (Å²) in [5.41, 5.74) is 6.74. The summed E-state index contributed by atoms with van der Waals surface area (Å²) in [4.78, 5) is 11.8. The highest BCUT2D eigenvalue weighted by Crippen LogP contribution is 2.13. The van der Waals surface area contributed by atoms with Crippen molar-refractivity contribution in [2.75, 3.05) is 19.5 Å². The zero-order valence-corrected chi connectivity index (χ0v) is 9.49. The van der Waals surface area contributed by atoms with Gasteiger partial charge in [0.15, 0.2) is 0 Å². The van der Waals surface area contributed by atoms with Crippen LogP contribution in [0, 0.1) is 0 Å². The third kappa shape index (κ3) is 2.59. The zero-order chi connectivity index (χ0) is 11.4. The van der Waals surface area contributed by atoms with Crippen LogP contribution in [0.1, 0.15) is 25.5 Å². The fourth-order valence-electron chi connectivity index (χ4n) is 1.53. The van der Waals surface area contributed by atoms with Crippen LogP contribution in [0.3, 0.4) is 0 Å². The number of rotatable bonds is 4. The maximum Gasteiger partial charge on any atom is 0.273 e. The molecule has 0 aliphatic rings. The number of pyridine rings is 1. The molecule has 0 atom stereocenters. The van der Waals surface area contributed by atoms with E-state index >= 15 is 0 Å². The Morgan fingerprint density at radius 3 is 2.67 bits per heavy atom. The number of nitrogens with zero attached hydrogens (tertiary/aromatic N) is 1. The van der Waals surface area contributed by atoms with E-state index in [-0.39, 0.29) is 11.2 Å². The highest BCUT2D eigenvalue weighted by Gasteiger charge is 2.09. The molecule has 1 heterocycles. The van der Waals surface area contributed by atoms with E-state index in [2.05, 4.69) is 0 Å². The normalized spacial score (nSPS) is 10.9. The molecule has 1 rings (SSSR count). The highest BCUT2D eigenvalue weighted by atomic mass is 16.5. The van der Waals surface area contributed by atoms with Crippen LogP contribution >= 0.6 is 0 Å². The summed E-state index contributed by atoms with van der Waals surface area (Å²) in [7, 11) is 1.62. The van der Waals surface area contributed by atoms with Crippen molar-refractivity contribution in [1.29, 1.82) is 0 Å². The number of hydrogen-bond donors (Lipinski definition) is 1. The van der Waals surface area contributed by atoms with Gasteiger partial charge in [0.1, 0.15) is 0 Å². The van der Waals surface area contributed by atoms with Crippen molar-refractivity contribution in [3.8, 4) is 0 Å². The Morgan fingerprint density at radius 1 is 1.47 bits per heavy atom. The molecule has 0 spiro atoms. The van der Waals surface area contributed by atoms with Gasteiger partial charge in [-0.1, -0.05) is 13.8 Å². The van der Waals surface area contributed by atoms with Gasteiger partial charge in [0, 0.05) is 19.3 Å². The highest BCUT2D eigenvalue weighted by molar-refractivity contribution is 5.36. The first-order valence-corrected chi connectivity index (χ1v) is 5.06. The number of methoxy groups -OCH3 is 1. The molecule has 1 aromatic rings. The topological polar surface area (TPSA) is 57.2 Å². The van der Waals surface area contributed by atoms with E-state index in [1.807, 2.05) is 19.9 Å². The van der Waals surface area contributed by atoms with Crippen LogP contribution in [-0.2, 0) is 11.3 Å². The third-order valence-corrected chi connectivity index (χ3v) is 2.35. The van der Waals surface area contributed by atoms with Gasteiger partial charge in [0.25, 0.3) is 5.56 Å². The zero-order valence-electron chi connectivity index (χ0n) is 9.49. The Hall–Kier alpha value is -1.29. The van der Waals surface area contributed by atoms with Gasteiger partial charge >= 0.3 is 0 Å². The fraction of sp³-hybridized carbons (Fsp3) is 0.545. The number of aromatic nitrogens is 1. The van der Waals surface area contributed by atoms with E-state index in [0.717, 1.165) is 5.69 Å². The monoisotopic (exact) mass is 210 g/mol. The second-order valence-electron chi connectivity index (χ2n) is 3.82. The number of ether oxygens (including phenoxy) is 1. The summed E-state index contributed by atoms with van der Waals surface area (Å²) >= 11 is 0. The SMILES string of the molecule is COCCn1c(C(C)C)ccc(N)c1=O. The first-order chi connectivity index (χ1) is 7.07. The standard InChI is InChI=1S/C11H18N2O2/c1-8(2)10-5-4-9(12)11(14)13(10)6-7-15-3/h4-5,8H,6-7,12H2,1-3H3. The van der Waals surface area contributed by atoms with Gasteiger partial charge in [-0.15, -0.1) is 0 Å². The lowest BCUT2D eigenvalue weighted by Gasteiger charge is -2.15. The average Bonchev–Trinajstić information content (AvgIpc) is 2.19. The molecule has 1 aromatic heterocycles. The minimum absolute atomic E-state index is 0.127. The van der Waals surface area contributed by atoms with E-state index in [1.54, 1.807) is 17.7 Å². The van der Waals surface area contributed by atoms with E-state index in [4.69, 9.17) is 10.5 Å². The van der Waals surface area contributed by atoms with Crippen LogP contribution in [-0.4, -0.2) is 18.3 Å². The molecule has 0 aliphatic carbocycles. The molecule has 0 radical (unpaired) electrons. The molecule has 0 fully saturated rings. The largest absolute Gasteiger partial charge is 0.394 e. The summed E-state index contributed by atoms with van der Waals surface area (Å²) < 4.78 is 6.66. The van der Waals surface area contributed by atoms with Crippen molar-refractivity contribution >= 4 is 5.69 Å². The lowest BCUT2D eigenvalue weighted by molar-refractivity contribution is 0.185. The minimum atomic E-state index is -0.127. The average molecular weight is 210 g/mol. The molecule has 2 N–H and O–H groups in total. The van der Waals surface area contributed by atoms with Crippen LogP contribution in [0.5, 0.6) is 0 Å². The van der Waals surface area contributed by atoms with E-state index in [1.165, 1.54) is 0 Å². The molecular formula is C11H18N2O2. The van der Waals surface area contributed by atoms with Gasteiger partial charge in [-0.05, 0) is 18.1 Å². The second-order valence-corrected chi connectivity index (χ2v) is 3.82. The molecular weight excluding hydrogens is 192 g/mol. The summed E-state index contributed by atoms with van der Waals surface area (Å²) in [6.07, 6.45) is 0. The summed E-state index contributed by atoms with van der Waals surface area (Å²) in [5.74, 6) is 0.301. The molecule has 84 valence electrons. The van der Waals surface area contributed by atoms with Crippen LogP contribution in [0.2, 0.25) is 0 Å². The maximum absolute atomic E-state index is 11.8. The maximum atomic E-state index is 11.8. The van der Waals surface area contributed by atoms with Crippen molar-refractivity contribution in [3.05, 3.63) is 28.2 Å². The molecule has 15 heavy (non-hydrogen) atoms. The van der Waals surface area contributed by atoms with Gasteiger partial charge in [0.2, 0.25) is 0 Å². The lowest BCUT2D eigenvalue weighted by Crippen LogP contribution is -2.27. The molecule has 0 amide bonds. The van der Waals surface area contributed by atoms with E-state index in [9.17, 15) is 4.79 Å². The van der Waals surface area contributed by atoms with Gasteiger partial charge in [-0.25, -0.2) is 0 Å². The number of hydrogen-bond acceptors (Lipinski definition) is 3. The molecule has 0 unspecified atom stereocenters. The van der Waals surface area contributed by atoms with Crippen molar-refractivity contribution < 1.29 is 4.74 Å². The van der Waals surface area contributed by atoms with Crippen LogP contribution in [0.4, 0.5) is 5.69 Å². The quantitative estimate of drug-likeness (QED) is 0.812. The van der Waals surface area contributed by atoms with Crippen molar-refractivity contribution in [2.45, 2.75) is 26.3 Å².